The number of carbonyl (C=O) groups excluding carboxylic acids is 6. The van der Waals surface area contributed by atoms with Gasteiger partial charge in [-0.25, -0.2) is 0 Å². The van der Waals surface area contributed by atoms with Gasteiger partial charge in [0, 0.05) is 49.4 Å². The Hall–Kier alpha value is -3.18. The molecule has 22 atom stereocenters. The first-order chi connectivity index (χ1) is 36.7. The smallest absolute Gasteiger partial charge is 0.310 e. The molecule has 0 aliphatic heterocycles. The van der Waals surface area contributed by atoms with Crippen LogP contribution in [0.2, 0.25) is 0 Å². The molecular formula is C68H106O11. The molecule has 2 N–H and O–H groups in total. The molecule has 79 heavy (non-hydrogen) atoms. The van der Waals surface area contributed by atoms with Gasteiger partial charge in [-0.15, -0.1) is 0 Å². The number of hydrogen-bond donors (Lipinski definition) is 2. The highest BCUT2D eigenvalue weighted by atomic mass is 16.6. The first-order valence-electron chi connectivity index (χ1n) is 31.3. The average molecular weight is 1100 g/mol. The summed E-state index contributed by atoms with van der Waals surface area (Å²) >= 11 is 0. The number of allylic oxidation sites excluding steroid dienone is 2. The van der Waals surface area contributed by atoms with Crippen LogP contribution in [0.3, 0.4) is 0 Å². The average Bonchev–Trinajstić information content (AvgIpc) is 2.48. The number of ether oxygens (including phenoxy) is 3. The lowest BCUT2D eigenvalue weighted by Crippen LogP contribution is -2.67. The van der Waals surface area contributed by atoms with Gasteiger partial charge in [-0.1, -0.05) is 79.7 Å². The first-order valence-corrected chi connectivity index (χ1v) is 31.3. The highest BCUT2D eigenvalue weighted by Crippen LogP contribution is 2.79. The third-order valence-corrected chi connectivity index (χ3v) is 27.8. The lowest BCUT2D eigenvalue weighted by molar-refractivity contribution is -0.255. The van der Waals surface area contributed by atoms with E-state index in [4.69, 9.17) is 9.47 Å². The molecule has 11 heteroatoms. The number of esters is 4. The highest BCUT2D eigenvalue weighted by molar-refractivity contribution is 5.82. The molecule has 10 fully saturated rings. The zero-order chi connectivity index (χ0) is 58.5. The Kier molecular flexibility index (Phi) is 16.8. The molecule has 0 bridgehead atoms. The highest BCUT2D eigenvalue weighted by Gasteiger charge is 2.74. The minimum Gasteiger partial charge on any atom is -0.465 e. The van der Waals surface area contributed by atoms with Crippen molar-refractivity contribution >= 4 is 36.4 Å². The summed E-state index contributed by atoms with van der Waals surface area (Å²) in [5.41, 5.74) is 2.56. The van der Waals surface area contributed by atoms with Gasteiger partial charge in [0.15, 0.2) is 0 Å². The fourth-order valence-corrected chi connectivity index (χ4v) is 23.7. The zero-order valence-corrected chi connectivity index (χ0v) is 51.6. The number of carbonyl (C=O) groups is 6. The number of aliphatic hydroxyl groups excluding tert-OH is 2. The molecule has 0 heterocycles. The van der Waals surface area contributed by atoms with E-state index in [1.165, 1.54) is 89.9 Å². The van der Waals surface area contributed by atoms with Gasteiger partial charge in [0.2, 0.25) is 0 Å². The number of rotatable bonds is 8. The fraction of sp³-hybridized carbons (Fsp3) is 0.853. The van der Waals surface area contributed by atoms with Crippen LogP contribution in [0.25, 0.3) is 0 Å². The van der Waals surface area contributed by atoms with Gasteiger partial charge in [-0.2, -0.15) is 0 Å². The number of fused-ring (bicyclic) bond motifs is 14. The Labute approximate surface area is 476 Å². The molecule has 0 aromatic rings. The van der Waals surface area contributed by atoms with E-state index >= 15 is 0 Å². The van der Waals surface area contributed by atoms with Gasteiger partial charge in [0.25, 0.3) is 0 Å². The number of aldehydes is 2. The van der Waals surface area contributed by atoms with Crippen LogP contribution >= 0.6 is 0 Å². The van der Waals surface area contributed by atoms with E-state index in [2.05, 4.69) is 87.1 Å². The SMILES string of the molecule is C=C(C)[C@@H]1CC[C@]2(C=O)CC[C@]3(C)C(CCC4[C@@]5(C)CC[C@H](O)[C@@](C)(CO)C5CC[C@]43C)C12.C=C(C)[C@@H]1CC[C@]2(C=O)CC[C@]3(C)C(CCC4[C@@]5(C)CC[C@H](OC(C)=O)[C@@](C)(COC(C)=O)C5CC[C@]43C)C12.CC(=O)OC(C)=O. The summed E-state index contributed by atoms with van der Waals surface area (Å²) in [5.74, 6) is 3.19. The number of hydrogen-bond acceptors (Lipinski definition) is 11. The van der Waals surface area contributed by atoms with Crippen LogP contribution in [0.1, 0.15) is 225 Å². The minimum absolute atomic E-state index is 0.0785. The van der Waals surface area contributed by atoms with Crippen LogP contribution in [0.15, 0.2) is 24.3 Å². The molecule has 8 unspecified atom stereocenters. The van der Waals surface area contributed by atoms with Crippen LogP contribution in [-0.4, -0.2) is 72.1 Å². The molecule has 10 saturated carbocycles. The van der Waals surface area contributed by atoms with Crippen molar-refractivity contribution in [3.63, 3.8) is 0 Å². The van der Waals surface area contributed by atoms with Crippen molar-refractivity contribution in [2.45, 2.75) is 238 Å². The van der Waals surface area contributed by atoms with Crippen LogP contribution in [0, 0.1) is 113 Å². The van der Waals surface area contributed by atoms with Crippen molar-refractivity contribution in [1.29, 1.82) is 0 Å². The normalized spacial score (nSPS) is 49.8. The van der Waals surface area contributed by atoms with Gasteiger partial charge in [0.05, 0.1) is 12.7 Å². The van der Waals surface area contributed by atoms with E-state index in [-0.39, 0.29) is 73.4 Å². The molecule has 0 aromatic carbocycles. The summed E-state index contributed by atoms with van der Waals surface area (Å²) in [5, 5.41) is 21.3. The van der Waals surface area contributed by atoms with Crippen LogP contribution in [-0.2, 0) is 43.0 Å². The van der Waals surface area contributed by atoms with Crippen molar-refractivity contribution in [3.8, 4) is 0 Å². The molecular weight excluding hydrogens is 993 g/mol. The maximum atomic E-state index is 12.7. The maximum Gasteiger partial charge on any atom is 0.310 e. The summed E-state index contributed by atoms with van der Waals surface area (Å²) in [4.78, 5) is 68.9. The van der Waals surface area contributed by atoms with Crippen molar-refractivity contribution in [1.82, 2.24) is 0 Å². The van der Waals surface area contributed by atoms with E-state index in [0.29, 0.717) is 65.8 Å². The third kappa shape index (κ3) is 9.37. The Morgan fingerprint density at radius 2 is 0.911 bits per heavy atom. The van der Waals surface area contributed by atoms with E-state index in [9.17, 15) is 39.0 Å². The van der Waals surface area contributed by atoms with E-state index < -0.39 is 23.5 Å². The van der Waals surface area contributed by atoms with Crippen LogP contribution in [0.5, 0.6) is 0 Å². The second-order valence-corrected chi connectivity index (χ2v) is 30.8. The molecule has 0 spiro atoms. The second-order valence-electron chi connectivity index (χ2n) is 30.8. The lowest BCUT2D eigenvalue weighted by atomic mass is 9.32. The van der Waals surface area contributed by atoms with Crippen molar-refractivity contribution in [2.24, 2.45) is 113 Å². The summed E-state index contributed by atoms with van der Waals surface area (Å²) in [7, 11) is 0. The van der Waals surface area contributed by atoms with Crippen molar-refractivity contribution < 1.29 is 53.2 Å². The van der Waals surface area contributed by atoms with E-state index in [1.54, 1.807) is 0 Å². The second kappa shape index (κ2) is 21.5. The van der Waals surface area contributed by atoms with Gasteiger partial charge in [0.1, 0.15) is 25.3 Å². The molecule has 0 saturated heterocycles. The third-order valence-electron chi connectivity index (χ3n) is 27.8. The number of aliphatic hydroxyl groups is 2. The fourth-order valence-electron chi connectivity index (χ4n) is 23.7. The molecule has 444 valence electrons. The quantitative estimate of drug-likeness (QED) is 0.0779. The molecule has 11 nitrogen and oxygen atoms in total. The molecule has 0 aromatic heterocycles. The maximum absolute atomic E-state index is 12.7. The van der Waals surface area contributed by atoms with E-state index in [1.807, 2.05) is 0 Å². The molecule has 0 amide bonds. The lowest BCUT2D eigenvalue weighted by Gasteiger charge is -2.72. The molecule has 10 aliphatic carbocycles. The summed E-state index contributed by atoms with van der Waals surface area (Å²) < 4.78 is 15.6. The molecule has 10 aliphatic rings. The van der Waals surface area contributed by atoms with Gasteiger partial charge in [-0.3, -0.25) is 19.2 Å². The predicted molar refractivity (Wildman–Crippen MR) is 306 cm³/mol. The van der Waals surface area contributed by atoms with Crippen LogP contribution < -0.4 is 0 Å². The largest absolute Gasteiger partial charge is 0.465 e. The van der Waals surface area contributed by atoms with Crippen LogP contribution in [0.4, 0.5) is 0 Å². The Bertz CT molecular complexity index is 2400. The molecule has 0 radical (unpaired) electrons. The monoisotopic (exact) mass is 1100 g/mol. The zero-order valence-electron chi connectivity index (χ0n) is 51.6. The first kappa shape index (κ1) is 61.9. The Morgan fingerprint density at radius 3 is 1.28 bits per heavy atom. The topological polar surface area (TPSA) is 171 Å². The minimum atomic E-state index is -0.562. The summed E-state index contributed by atoms with van der Waals surface area (Å²) in [6.45, 7) is 38.6. The van der Waals surface area contributed by atoms with E-state index in [0.717, 1.165) is 89.9 Å². The van der Waals surface area contributed by atoms with Crippen molar-refractivity contribution in [2.75, 3.05) is 13.2 Å². The summed E-state index contributed by atoms with van der Waals surface area (Å²) in [6.07, 6.45) is 23.8. The Morgan fingerprint density at radius 1 is 0.481 bits per heavy atom. The Balaban J connectivity index is 0.000000188. The predicted octanol–water partition coefficient (Wildman–Crippen LogP) is 13.6. The van der Waals surface area contributed by atoms with Gasteiger partial charge in [-0.05, 0) is 234 Å². The van der Waals surface area contributed by atoms with Gasteiger partial charge < -0.3 is 34.0 Å². The molecule has 10 rings (SSSR count). The standard InChI is InChI=1S/C34H52O5.C30H48O3.C4H6O3/c1-21(2)24-11-16-34(19-35)18-17-32(7)25(29(24)34)9-10-27-30(5)14-13-28(39-23(4)37)31(6,20-38-22(3)36)26(30)12-15-33(27,32)8;1-19(2)20-9-14-30(18-32)16-15-28(5)21(25(20)30)7-8-23-26(3)12-11-24(33)27(4,17-31)22(26)10-13-29(23,28)6;1-3(5)7-4(2)6/h19,24-29H,1,9-18,20H2,2-8H3;18,20-25,31,33H,1,7-17H2,2-6H3;1-2H3/t24-,25?,26?,27?,28-,29?,30-,31-,32+,33+,34+;20-,21?,22?,23?,24-,25?,26-,27-,28+,29+,30+;/m00./s1. The summed E-state index contributed by atoms with van der Waals surface area (Å²) in [6, 6.07) is 0. The van der Waals surface area contributed by atoms with Crippen molar-refractivity contribution in [3.05, 3.63) is 24.3 Å². The van der Waals surface area contributed by atoms with Gasteiger partial charge >= 0.3 is 23.9 Å².